The summed E-state index contributed by atoms with van der Waals surface area (Å²) in [4.78, 5) is 0. The minimum Gasteiger partial charge on any atom is -0.397 e. The van der Waals surface area contributed by atoms with Crippen LogP contribution in [0.25, 0.3) is 0 Å². The van der Waals surface area contributed by atoms with E-state index in [1.807, 2.05) is 12.1 Å². The number of aryl methyl sites for hydroxylation is 1. The summed E-state index contributed by atoms with van der Waals surface area (Å²) in [6.45, 7) is 3.14. The van der Waals surface area contributed by atoms with Crippen LogP contribution in [-0.4, -0.2) is 18.3 Å². The fourth-order valence-electron chi connectivity index (χ4n) is 2.72. The molecule has 1 aromatic carbocycles. The third-order valence-electron chi connectivity index (χ3n) is 3.94. The molecule has 94 valence electrons. The molecule has 0 bridgehead atoms. The second-order valence-corrected chi connectivity index (χ2v) is 5.26. The first-order chi connectivity index (χ1) is 8.17. The predicted molar refractivity (Wildman–Crippen MR) is 72.1 cm³/mol. The van der Waals surface area contributed by atoms with E-state index in [9.17, 15) is 5.11 Å². The smallest absolute Gasteiger partial charge is 0.0603 e. The first-order valence-electron chi connectivity index (χ1n) is 6.37. The topological polar surface area (TPSA) is 58.3 Å². The minimum atomic E-state index is 0.0642. The number of aliphatic hydroxyl groups is 1. The van der Waals surface area contributed by atoms with Crippen molar-refractivity contribution in [2.24, 2.45) is 5.41 Å². The number of nitrogens with two attached hydrogens (primary N) is 1. The molecule has 0 unspecified atom stereocenters. The van der Waals surface area contributed by atoms with E-state index in [1.165, 1.54) is 12.8 Å². The Balaban J connectivity index is 2.06. The Morgan fingerprint density at radius 1 is 1.35 bits per heavy atom. The average Bonchev–Trinajstić information content (AvgIpc) is 2.78. The van der Waals surface area contributed by atoms with Crippen LogP contribution >= 0.6 is 0 Å². The zero-order chi connectivity index (χ0) is 12.3. The van der Waals surface area contributed by atoms with Gasteiger partial charge in [0, 0.05) is 12.0 Å². The number of hydrogen-bond acceptors (Lipinski definition) is 3. The molecule has 0 spiro atoms. The number of anilines is 2. The van der Waals surface area contributed by atoms with E-state index in [4.69, 9.17) is 5.73 Å². The Morgan fingerprint density at radius 3 is 2.65 bits per heavy atom. The van der Waals surface area contributed by atoms with E-state index in [-0.39, 0.29) is 12.0 Å². The molecular weight excluding hydrogens is 212 g/mol. The van der Waals surface area contributed by atoms with Crippen molar-refractivity contribution in [2.75, 3.05) is 24.2 Å². The molecule has 3 heteroatoms. The minimum absolute atomic E-state index is 0.0642. The molecule has 2 rings (SSSR count). The Labute approximate surface area is 103 Å². The largest absolute Gasteiger partial charge is 0.397 e. The SMILES string of the molecule is Cc1cccc(N)c1NCC1(CO)CCCC1. The van der Waals surface area contributed by atoms with Crippen molar-refractivity contribution >= 4 is 11.4 Å². The summed E-state index contributed by atoms with van der Waals surface area (Å²) >= 11 is 0. The van der Waals surface area contributed by atoms with Crippen molar-refractivity contribution in [3.63, 3.8) is 0 Å². The molecule has 1 saturated carbocycles. The highest BCUT2D eigenvalue weighted by Gasteiger charge is 2.33. The fraction of sp³-hybridized carbons (Fsp3) is 0.571. The van der Waals surface area contributed by atoms with Crippen molar-refractivity contribution < 1.29 is 5.11 Å². The van der Waals surface area contributed by atoms with E-state index >= 15 is 0 Å². The average molecular weight is 234 g/mol. The van der Waals surface area contributed by atoms with Crippen LogP contribution in [0.4, 0.5) is 11.4 Å². The van der Waals surface area contributed by atoms with Gasteiger partial charge in [-0.2, -0.15) is 0 Å². The first-order valence-corrected chi connectivity index (χ1v) is 6.37. The molecule has 0 heterocycles. The van der Waals surface area contributed by atoms with E-state index in [1.54, 1.807) is 0 Å². The molecule has 0 saturated heterocycles. The summed E-state index contributed by atoms with van der Waals surface area (Å²) in [6.07, 6.45) is 4.68. The van der Waals surface area contributed by atoms with Gasteiger partial charge in [-0.05, 0) is 31.4 Å². The number of para-hydroxylation sites is 1. The predicted octanol–water partition coefficient (Wildman–Crippen LogP) is 2.54. The van der Waals surface area contributed by atoms with Crippen LogP contribution < -0.4 is 11.1 Å². The molecule has 0 amide bonds. The maximum atomic E-state index is 9.56. The van der Waals surface area contributed by atoms with Gasteiger partial charge < -0.3 is 16.2 Å². The van der Waals surface area contributed by atoms with Gasteiger partial charge in [-0.3, -0.25) is 0 Å². The highest BCUT2D eigenvalue weighted by atomic mass is 16.3. The maximum Gasteiger partial charge on any atom is 0.0603 e. The molecule has 1 aromatic rings. The number of nitrogen functional groups attached to an aromatic ring is 1. The quantitative estimate of drug-likeness (QED) is 0.702. The third-order valence-corrected chi connectivity index (χ3v) is 3.94. The summed E-state index contributed by atoms with van der Waals surface area (Å²) < 4.78 is 0. The van der Waals surface area contributed by atoms with Gasteiger partial charge in [-0.15, -0.1) is 0 Å². The van der Waals surface area contributed by atoms with E-state index < -0.39 is 0 Å². The van der Waals surface area contributed by atoms with E-state index in [2.05, 4.69) is 18.3 Å². The van der Waals surface area contributed by atoms with Crippen LogP contribution in [0.3, 0.4) is 0 Å². The highest BCUT2D eigenvalue weighted by molar-refractivity contribution is 5.69. The molecule has 0 aromatic heterocycles. The van der Waals surface area contributed by atoms with Crippen molar-refractivity contribution in [1.82, 2.24) is 0 Å². The lowest BCUT2D eigenvalue weighted by atomic mass is 9.87. The van der Waals surface area contributed by atoms with E-state index in [0.29, 0.717) is 0 Å². The monoisotopic (exact) mass is 234 g/mol. The van der Waals surface area contributed by atoms with Crippen LogP contribution in [0.1, 0.15) is 31.2 Å². The summed E-state index contributed by atoms with van der Waals surface area (Å²) in [5.41, 5.74) is 9.00. The van der Waals surface area contributed by atoms with Crippen LogP contribution in [-0.2, 0) is 0 Å². The number of nitrogens with one attached hydrogen (secondary N) is 1. The Hall–Kier alpha value is -1.22. The molecule has 1 aliphatic rings. The van der Waals surface area contributed by atoms with Crippen LogP contribution in [0.2, 0.25) is 0 Å². The Bertz CT molecular complexity index is 364. The summed E-state index contributed by atoms with van der Waals surface area (Å²) in [6, 6.07) is 5.93. The van der Waals surface area contributed by atoms with Gasteiger partial charge in [-0.25, -0.2) is 0 Å². The normalized spacial score (nSPS) is 18.2. The molecule has 0 atom stereocenters. The van der Waals surface area contributed by atoms with Gasteiger partial charge in [0.15, 0.2) is 0 Å². The van der Waals surface area contributed by atoms with Crippen LogP contribution in [0, 0.1) is 12.3 Å². The number of hydrogen-bond donors (Lipinski definition) is 3. The summed E-state index contributed by atoms with van der Waals surface area (Å²) in [5, 5.41) is 13.0. The van der Waals surface area contributed by atoms with E-state index in [0.717, 1.165) is 36.3 Å². The molecule has 17 heavy (non-hydrogen) atoms. The van der Waals surface area contributed by atoms with Gasteiger partial charge in [0.1, 0.15) is 0 Å². The van der Waals surface area contributed by atoms with Gasteiger partial charge in [0.05, 0.1) is 18.0 Å². The second kappa shape index (κ2) is 4.96. The van der Waals surface area contributed by atoms with Crippen molar-refractivity contribution in [1.29, 1.82) is 0 Å². The standard InChI is InChI=1S/C14H22N2O/c1-11-5-4-6-12(15)13(11)16-9-14(10-17)7-2-3-8-14/h4-6,16-17H,2-3,7-10,15H2,1H3. The number of benzene rings is 1. The maximum absolute atomic E-state index is 9.56. The molecule has 4 N–H and O–H groups in total. The zero-order valence-corrected chi connectivity index (χ0v) is 10.5. The summed E-state index contributed by atoms with van der Waals surface area (Å²) in [7, 11) is 0. The van der Waals surface area contributed by atoms with Gasteiger partial charge >= 0.3 is 0 Å². The van der Waals surface area contributed by atoms with Crippen LogP contribution in [0.5, 0.6) is 0 Å². The lowest BCUT2D eigenvalue weighted by molar-refractivity contribution is 0.142. The first kappa shape index (κ1) is 12.2. The number of aliphatic hydroxyl groups excluding tert-OH is 1. The van der Waals surface area contributed by atoms with Crippen molar-refractivity contribution in [3.8, 4) is 0 Å². The zero-order valence-electron chi connectivity index (χ0n) is 10.5. The van der Waals surface area contributed by atoms with Gasteiger partial charge in [-0.1, -0.05) is 25.0 Å². The number of rotatable bonds is 4. The molecule has 1 fully saturated rings. The van der Waals surface area contributed by atoms with Gasteiger partial charge in [0.25, 0.3) is 0 Å². The molecule has 3 nitrogen and oxygen atoms in total. The molecular formula is C14H22N2O. The van der Waals surface area contributed by atoms with Crippen molar-refractivity contribution in [3.05, 3.63) is 23.8 Å². The highest BCUT2D eigenvalue weighted by Crippen LogP contribution is 2.38. The van der Waals surface area contributed by atoms with Crippen LogP contribution in [0.15, 0.2) is 18.2 Å². The lowest BCUT2D eigenvalue weighted by Crippen LogP contribution is -2.30. The fourth-order valence-corrected chi connectivity index (χ4v) is 2.72. The molecule has 0 aliphatic heterocycles. The molecule has 1 aliphatic carbocycles. The third kappa shape index (κ3) is 2.55. The Morgan fingerprint density at radius 2 is 2.06 bits per heavy atom. The lowest BCUT2D eigenvalue weighted by Gasteiger charge is -2.28. The Kier molecular flexibility index (Phi) is 3.57. The second-order valence-electron chi connectivity index (χ2n) is 5.26. The molecule has 0 radical (unpaired) electrons. The summed E-state index contributed by atoms with van der Waals surface area (Å²) in [5.74, 6) is 0. The van der Waals surface area contributed by atoms with Crippen molar-refractivity contribution in [2.45, 2.75) is 32.6 Å². The van der Waals surface area contributed by atoms with Gasteiger partial charge in [0.2, 0.25) is 0 Å².